The van der Waals surface area contributed by atoms with Crippen LogP contribution in [0, 0.1) is 0 Å². The van der Waals surface area contributed by atoms with E-state index in [4.69, 9.17) is 0 Å². The lowest BCUT2D eigenvalue weighted by atomic mass is 10.3. The standard InChI is InChI=1S/C8H7N5O/c14-7(6-2-1-3-9-4-6)12-8-10-5-11-13-8/h1-5H,(H2,10,11,12,13,14). The van der Waals surface area contributed by atoms with Crippen molar-refractivity contribution in [3.05, 3.63) is 36.4 Å². The van der Waals surface area contributed by atoms with E-state index in [2.05, 4.69) is 25.5 Å². The zero-order valence-electron chi connectivity index (χ0n) is 7.14. The average Bonchev–Trinajstić information content (AvgIpc) is 2.72. The van der Waals surface area contributed by atoms with Gasteiger partial charge < -0.3 is 0 Å². The average molecular weight is 189 g/mol. The molecule has 0 saturated heterocycles. The molecule has 2 aromatic heterocycles. The lowest BCUT2D eigenvalue weighted by Crippen LogP contribution is -2.12. The van der Waals surface area contributed by atoms with Gasteiger partial charge in [-0.15, -0.1) is 0 Å². The first-order valence-electron chi connectivity index (χ1n) is 3.93. The topological polar surface area (TPSA) is 83.6 Å². The fourth-order valence-corrected chi connectivity index (χ4v) is 0.942. The fourth-order valence-electron chi connectivity index (χ4n) is 0.942. The van der Waals surface area contributed by atoms with Gasteiger partial charge in [-0.3, -0.25) is 15.1 Å². The third-order valence-corrected chi connectivity index (χ3v) is 1.57. The third-order valence-electron chi connectivity index (χ3n) is 1.57. The van der Waals surface area contributed by atoms with Gasteiger partial charge in [-0.1, -0.05) is 0 Å². The van der Waals surface area contributed by atoms with Crippen molar-refractivity contribution in [2.24, 2.45) is 0 Å². The molecule has 2 aromatic rings. The summed E-state index contributed by atoms with van der Waals surface area (Å²) in [6.45, 7) is 0. The molecule has 0 spiro atoms. The van der Waals surface area contributed by atoms with Gasteiger partial charge in [-0.25, -0.2) is 5.10 Å². The van der Waals surface area contributed by atoms with Crippen LogP contribution < -0.4 is 5.32 Å². The summed E-state index contributed by atoms with van der Waals surface area (Å²) >= 11 is 0. The third kappa shape index (κ3) is 1.74. The Morgan fingerprint density at radius 3 is 3.07 bits per heavy atom. The van der Waals surface area contributed by atoms with E-state index in [1.165, 1.54) is 12.5 Å². The molecular weight excluding hydrogens is 182 g/mol. The quantitative estimate of drug-likeness (QED) is 0.718. The van der Waals surface area contributed by atoms with Gasteiger partial charge in [-0.05, 0) is 12.1 Å². The summed E-state index contributed by atoms with van der Waals surface area (Å²) in [7, 11) is 0. The molecule has 0 aromatic carbocycles. The van der Waals surface area contributed by atoms with E-state index in [0.717, 1.165) is 0 Å². The van der Waals surface area contributed by atoms with Crippen LogP contribution in [0.3, 0.4) is 0 Å². The van der Waals surface area contributed by atoms with Crippen molar-refractivity contribution in [2.45, 2.75) is 0 Å². The van der Waals surface area contributed by atoms with Crippen molar-refractivity contribution in [1.29, 1.82) is 0 Å². The van der Waals surface area contributed by atoms with Crippen LogP contribution >= 0.6 is 0 Å². The molecule has 2 rings (SSSR count). The Bertz CT molecular complexity index is 411. The van der Waals surface area contributed by atoms with Crippen molar-refractivity contribution in [3.63, 3.8) is 0 Å². The number of anilines is 1. The molecule has 6 nitrogen and oxygen atoms in total. The van der Waals surface area contributed by atoms with Crippen LogP contribution in [0.1, 0.15) is 10.4 Å². The summed E-state index contributed by atoms with van der Waals surface area (Å²) in [6.07, 6.45) is 4.40. The Hall–Kier alpha value is -2.24. The van der Waals surface area contributed by atoms with Crippen molar-refractivity contribution in [1.82, 2.24) is 20.2 Å². The van der Waals surface area contributed by atoms with E-state index in [1.807, 2.05) is 0 Å². The molecule has 0 saturated carbocycles. The lowest BCUT2D eigenvalue weighted by molar-refractivity contribution is 0.102. The van der Waals surface area contributed by atoms with Gasteiger partial charge in [0.1, 0.15) is 6.33 Å². The zero-order chi connectivity index (χ0) is 9.80. The molecule has 2 heterocycles. The molecule has 0 aliphatic carbocycles. The van der Waals surface area contributed by atoms with Gasteiger partial charge in [0, 0.05) is 12.4 Å². The van der Waals surface area contributed by atoms with Crippen LogP contribution in [-0.2, 0) is 0 Å². The summed E-state index contributed by atoms with van der Waals surface area (Å²) in [4.78, 5) is 19.1. The summed E-state index contributed by atoms with van der Waals surface area (Å²) in [6, 6.07) is 3.36. The van der Waals surface area contributed by atoms with Crippen LogP contribution in [0.15, 0.2) is 30.9 Å². The van der Waals surface area contributed by atoms with Crippen molar-refractivity contribution in [3.8, 4) is 0 Å². The lowest BCUT2D eigenvalue weighted by Gasteiger charge is -1.99. The molecule has 0 aliphatic rings. The van der Waals surface area contributed by atoms with Gasteiger partial charge >= 0.3 is 0 Å². The number of hydrogen-bond donors (Lipinski definition) is 2. The monoisotopic (exact) mass is 189 g/mol. The molecular formula is C8H7N5O. The highest BCUT2D eigenvalue weighted by molar-refractivity contribution is 6.02. The smallest absolute Gasteiger partial charge is 0.259 e. The first-order chi connectivity index (χ1) is 6.86. The second-order valence-corrected chi connectivity index (χ2v) is 2.53. The van der Waals surface area contributed by atoms with Crippen LogP contribution in [0.2, 0.25) is 0 Å². The molecule has 6 heteroatoms. The molecule has 0 atom stereocenters. The number of aromatic amines is 1. The van der Waals surface area contributed by atoms with Gasteiger partial charge in [0.25, 0.3) is 5.91 Å². The predicted molar refractivity (Wildman–Crippen MR) is 48.6 cm³/mol. The summed E-state index contributed by atoms with van der Waals surface area (Å²) in [5.41, 5.74) is 0.476. The first-order valence-corrected chi connectivity index (χ1v) is 3.93. The maximum absolute atomic E-state index is 11.5. The van der Waals surface area contributed by atoms with E-state index in [9.17, 15) is 4.79 Å². The number of H-pyrrole nitrogens is 1. The number of aromatic nitrogens is 4. The Kier molecular flexibility index (Phi) is 2.18. The van der Waals surface area contributed by atoms with Gasteiger partial charge in [0.2, 0.25) is 5.95 Å². The zero-order valence-corrected chi connectivity index (χ0v) is 7.14. The Morgan fingerprint density at radius 1 is 1.50 bits per heavy atom. The highest BCUT2D eigenvalue weighted by atomic mass is 16.1. The minimum absolute atomic E-state index is 0.269. The highest BCUT2D eigenvalue weighted by Crippen LogP contribution is 2.00. The number of carbonyl (C=O) groups excluding carboxylic acids is 1. The number of rotatable bonds is 2. The van der Waals surface area contributed by atoms with E-state index in [-0.39, 0.29) is 5.91 Å². The van der Waals surface area contributed by atoms with Gasteiger partial charge in [0.15, 0.2) is 0 Å². The Morgan fingerprint density at radius 2 is 2.43 bits per heavy atom. The van der Waals surface area contributed by atoms with Crippen molar-refractivity contribution >= 4 is 11.9 Å². The fraction of sp³-hybridized carbons (Fsp3) is 0. The molecule has 0 unspecified atom stereocenters. The van der Waals surface area contributed by atoms with E-state index in [0.29, 0.717) is 11.5 Å². The summed E-state index contributed by atoms with van der Waals surface area (Å²) in [5.74, 6) is 0.0497. The van der Waals surface area contributed by atoms with Crippen LogP contribution in [-0.4, -0.2) is 26.1 Å². The molecule has 0 aliphatic heterocycles. The van der Waals surface area contributed by atoms with Gasteiger partial charge in [0.05, 0.1) is 5.56 Å². The SMILES string of the molecule is O=C(Nc1ncn[nH]1)c1cccnc1. The summed E-state index contributed by atoms with van der Waals surface area (Å²) in [5, 5.41) is 8.66. The number of hydrogen-bond acceptors (Lipinski definition) is 4. The van der Waals surface area contributed by atoms with Crippen LogP contribution in [0.4, 0.5) is 5.95 Å². The second kappa shape index (κ2) is 3.65. The van der Waals surface area contributed by atoms with E-state index < -0.39 is 0 Å². The minimum Gasteiger partial charge on any atom is -0.291 e. The van der Waals surface area contributed by atoms with Crippen molar-refractivity contribution < 1.29 is 4.79 Å². The maximum Gasteiger partial charge on any atom is 0.259 e. The molecule has 14 heavy (non-hydrogen) atoms. The maximum atomic E-state index is 11.5. The molecule has 0 fully saturated rings. The molecule has 0 radical (unpaired) electrons. The van der Waals surface area contributed by atoms with Crippen molar-refractivity contribution in [2.75, 3.05) is 5.32 Å². The number of pyridine rings is 1. The first kappa shape index (κ1) is 8.36. The Balaban J connectivity index is 2.11. The number of carbonyl (C=O) groups is 1. The van der Waals surface area contributed by atoms with E-state index >= 15 is 0 Å². The predicted octanol–water partition coefficient (Wildman–Crippen LogP) is 0.452. The number of amides is 1. The molecule has 2 N–H and O–H groups in total. The normalized spacial score (nSPS) is 9.71. The van der Waals surface area contributed by atoms with E-state index in [1.54, 1.807) is 18.3 Å². The largest absolute Gasteiger partial charge is 0.291 e. The number of nitrogens with zero attached hydrogens (tertiary/aromatic N) is 3. The van der Waals surface area contributed by atoms with Crippen LogP contribution in [0.5, 0.6) is 0 Å². The van der Waals surface area contributed by atoms with Gasteiger partial charge in [-0.2, -0.15) is 10.1 Å². The molecule has 70 valence electrons. The number of nitrogens with one attached hydrogen (secondary N) is 2. The highest BCUT2D eigenvalue weighted by Gasteiger charge is 2.06. The molecule has 0 bridgehead atoms. The minimum atomic E-state index is -0.269. The molecule has 1 amide bonds. The summed E-state index contributed by atoms with van der Waals surface area (Å²) < 4.78 is 0. The Labute approximate surface area is 79.4 Å². The van der Waals surface area contributed by atoms with Crippen LogP contribution in [0.25, 0.3) is 0 Å². The second-order valence-electron chi connectivity index (χ2n) is 2.53.